The predicted molar refractivity (Wildman–Crippen MR) is 142 cm³/mol. The second-order valence-corrected chi connectivity index (χ2v) is 10.00. The molecule has 1 aromatic heterocycles. The minimum atomic E-state index is -0.0105. The number of methoxy groups -OCH3 is 2. The quantitative estimate of drug-likeness (QED) is 0.527. The van der Waals surface area contributed by atoms with Gasteiger partial charge in [-0.1, -0.05) is 24.3 Å². The van der Waals surface area contributed by atoms with Gasteiger partial charge in [0, 0.05) is 50.9 Å². The Kier molecular flexibility index (Phi) is 7.98. The number of carbonyl (C=O) groups is 1. The molecule has 0 saturated carbocycles. The van der Waals surface area contributed by atoms with Gasteiger partial charge in [0.15, 0.2) is 0 Å². The molecule has 0 spiro atoms. The van der Waals surface area contributed by atoms with Gasteiger partial charge in [-0.3, -0.25) is 4.79 Å². The fourth-order valence-electron chi connectivity index (χ4n) is 5.42. The molecule has 2 aromatic carbocycles. The van der Waals surface area contributed by atoms with E-state index in [-0.39, 0.29) is 12.0 Å². The highest BCUT2D eigenvalue weighted by Crippen LogP contribution is 2.24. The van der Waals surface area contributed by atoms with E-state index >= 15 is 0 Å². The Morgan fingerprint density at radius 2 is 1.89 bits per heavy atom. The summed E-state index contributed by atoms with van der Waals surface area (Å²) in [6, 6.07) is 13.1. The number of aromatic nitrogens is 2. The van der Waals surface area contributed by atoms with Crippen LogP contribution in [0.4, 0.5) is 0 Å². The minimum absolute atomic E-state index is 0.0105. The van der Waals surface area contributed by atoms with Crippen LogP contribution in [0.15, 0.2) is 42.7 Å². The Morgan fingerprint density at radius 3 is 2.68 bits per heavy atom. The van der Waals surface area contributed by atoms with Gasteiger partial charge in [-0.2, -0.15) is 0 Å². The van der Waals surface area contributed by atoms with Crippen LogP contribution in [-0.4, -0.2) is 79.5 Å². The largest absolute Gasteiger partial charge is 0.497 e. The Labute approximate surface area is 218 Å². The summed E-state index contributed by atoms with van der Waals surface area (Å²) in [7, 11) is 3.42. The molecule has 2 aliphatic rings. The first-order valence-corrected chi connectivity index (χ1v) is 13.1. The van der Waals surface area contributed by atoms with Crippen LogP contribution in [-0.2, 0) is 15.9 Å². The summed E-state index contributed by atoms with van der Waals surface area (Å²) < 4.78 is 16.5. The summed E-state index contributed by atoms with van der Waals surface area (Å²) in [6.07, 6.45) is 5.02. The molecule has 3 heterocycles. The molecule has 0 aliphatic carbocycles. The summed E-state index contributed by atoms with van der Waals surface area (Å²) in [5, 5.41) is 6.03. The van der Waals surface area contributed by atoms with E-state index in [1.54, 1.807) is 14.2 Å². The van der Waals surface area contributed by atoms with Gasteiger partial charge in [0.1, 0.15) is 17.8 Å². The number of hydrogen-bond donors (Lipinski definition) is 1. The number of hydrogen-bond acceptors (Lipinski definition) is 7. The fraction of sp³-hybridized carbons (Fsp3) is 0.483. The van der Waals surface area contributed by atoms with E-state index in [1.807, 2.05) is 24.0 Å². The number of likely N-dealkylation sites (tertiary alicyclic amines) is 1. The van der Waals surface area contributed by atoms with Gasteiger partial charge in [0.25, 0.3) is 5.91 Å². The monoisotopic (exact) mass is 504 g/mol. The summed E-state index contributed by atoms with van der Waals surface area (Å²) in [6.45, 7) is 4.77. The van der Waals surface area contributed by atoms with Gasteiger partial charge in [0.05, 0.1) is 25.5 Å². The molecule has 0 unspecified atom stereocenters. The van der Waals surface area contributed by atoms with Crippen LogP contribution in [0.1, 0.15) is 46.6 Å². The predicted octanol–water partition coefficient (Wildman–Crippen LogP) is 3.54. The van der Waals surface area contributed by atoms with E-state index in [2.05, 4.69) is 39.6 Å². The third-order valence-electron chi connectivity index (χ3n) is 7.71. The van der Waals surface area contributed by atoms with Gasteiger partial charge < -0.3 is 24.4 Å². The lowest BCUT2D eigenvalue weighted by atomic mass is 9.98. The Bertz CT molecular complexity index is 1240. The van der Waals surface area contributed by atoms with E-state index in [0.717, 1.165) is 59.2 Å². The van der Waals surface area contributed by atoms with Crippen LogP contribution < -0.4 is 10.1 Å². The average Bonchev–Trinajstić information content (AvgIpc) is 2.94. The van der Waals surface area contributed by atoms with E-state index in [4.69, 9.17) is 14.2 Å². The molecule has 0 radical (unpaired) electrons. The van der Waals surface area contributed by atoms with E-state index < -0.39 is 0 Å². The molecule has 3 aromatic rings. The summed E-state index contributed by atoms with van der Waals surface area (Å²) >= 11 is 0. The Hall–Kier alpha value is -3.07. The lowest BCUT2D eigenvalue weighted by Crippen LogP contribution is -2.54. The average molecular weight is 505 g/mol. The zero-order valence-corrected chi connectivity index (χ0v) is 21.9. The first kappa shape index (κ1) is 25.6. The molecule has 0 bridgehead atoms. The normalized spacial score (nSPS) is 20.8. The maximum Gasteiger partial charge on any atom is 0.272 e. The van der Waals surface area contributed by atoms with Crippen LogP contribution in [0.2, 0.25) is 0 Å². The number of nitrogens with one attached hydrogen (secondary N) is 1. The standard InChI is InChI=1S/C29H36N4O4/c1-19-26(15-20-4-5-21-6-7-24(35-2)16-22(21)14-20)30-18-31-28(19)29(34)33-11-8-23(9-12-33)32-25-10-13-37-17-27(25)36-3/h4-7,14,16,18,23,25,27,32H,8-13,15,17H2,1-3H3/t25-,27+/m1/s1. The van der Waals surface area contributed by atoms with Crippen molar-refractivity contribution in [2.45, 2.75) is 50.8 Å². The molecule has 5 rings (SSSR count). The topological polar surface area (TPSA) is 85.8 Å². The lowest BCUT2D eigenvalue weighted by Gasteiger charge is -2.38. The van der Waals surface area contributed by atoms with Crippen molar-refractivity contribution in [3.05, 3.63) is 65.2 Å². The van der Waals surface area contributed by atoms with Crippen LogP contribution in [0.5, 0.6) is 5.75 Å². The summed E-state index contributed by atoms with van der Waals surface area (Å²) in [4.78, 5) is 24.3. The van der Waals surface area contributed by atoms with Crippen molar-refractivity contribution in [1.82, 2.24) is 20.2 Å². The van der Waals surface area contributed by atoms with E-state index in [0.29, 0.717) is 43.9 Å². The van der Waals surface area contributed by atoms with Crippen LogP contribution in [0.25, 0.3) is 10.8 Å². The molecule has 196 valence electrons. The van der Waals surface area contributed by atoms with Gasteiger partial charge in [0.2, 0.25) is 0 Å². The maximum absolute atomic E-state index is 13.4. The SMILES string of the molecule is COc1ccc2ccc(Cc3ncnc(C(=O)N4CCC(N[C@@H]5CCOC[C@@H]5OC)CC4)c3C)cc2c1. The van der Waals surface area contributed by atoms with Crippen LogP contribution in [0.3, 0.4) is 0 Å². The third-order valence-corrected chi connectivity index (χ3v) is 7.71. The molecule has 1 amide bonds. The molecule has 1 N–H and O–H groups in total. The molecular formula is C29H36N4O4. The van der Waals surface area contributed by atoms with Crippen molar-refractivity contribution in [3.63, 3.8) is 0 Å². The number of fused-ring (bicyclic) bond motifs is 1. The van der Waals surface area contributed by atoms with Crippen molar-refractivity contribution in [2.24, 2.45) is 0 Å². The first-order chi connectivity index (χ1) is 18.1. The molecule has 2 aliphatic heterocycles. The molecule has 2 saturated heterocycles. The second-order valence-electron chi connectivity index (χ2n) is 10.00. The molecule has 37 heavy (non-hydrogen) atoms. The number of nitrogens with zero attached hydrogens (tertiary/aromatic N) is 3. The van der Waals surface area contributed by atoms with Crippen molar-refractivity contribution in [1.29, 1.82) is 0 Å². The first-order valence-electron chi connectivity index (χ1n) is 13.1. The van der Waals surface area contributed by atoms with Gasteiger partial charge >= 0.3 is 0 Å². The molecule has 2 fully saturated rings. The number of ether oxygens (including phenoxy) is 3. The highest BCUT2D eigenvalue weighted by Gasteiger charge is 2.31. The van der Waals surface area contributed by atoms with Crippen LogP contribution in [0, 0.1) is 6.92 Å². The molecule has 2 atom stereocenters. The molecular weight excluding hydrogens is 468 g/mol. The fourth-order valence-corrected chi connectivity index (χ4v) is 5.42. The Morgan fingerprint density at radius 1 is 1.08 bits per heavy atom. The van der Waals surface area contributed by atoms with E-state index in [1.165, 1.54) is 6.33 Å². The smallest absolute Gasteiger partial charge is 0.272 e. The number of piperidine rings is 1. The number of benzene rings is 2. The lowest BCUT2D eigenvalue weighted by molar-refractivity contribution is -0.0533. The highest BCUT2D eigenvalue weighted by molar-refractivity contribution is 5.94. The van der Waals surface area contributed by atoms with Gasteiger partial charge in [-0.05, 0) is 54.7 Å². The van der Waals surface area contributed by atoms with Crippen molar-refractivity contribution < 1.29 is 19.0 Å². The van der Waals surface area contributed by atoms with Crippen molar-refractivity contribution in [2.75, 3.05) is 40.5 Å². The Balaban J connectivity index is 1.23. The van der Waals surface area contributed by atoms with Crippen molar-refractivity contribution >= 4 is 16.7 Å². The summed E-state index contributed by atoms with van der Waals surface area (Å²) in [5.74, 6) is 0.824. The van der Waals surface area contributed by atoms with Crippen LogP contribution >= 0.6 is 0 Å². The highest BCUT2D eigenvalue weighted by atomic mass is 16.5. The van der Waals surface area contributed by atoms with Gasteiger partial charge in [-0.15, -0.1) is 0 Å². The maximum atomic E-state index is 13.4. The van der Waals surface area contributed by atoms with E-state index in [9.17, 15) is 4.79 Å². The third kappa shape index (κ3) is 5.76. The van der Waals surface area contributed by atoms with Crippen molar-refractivity contribution in [3.8, 4) is 5.75 Å². The zero-order chi connectivity index (χ0) is 25.8. The number of carbonyl (C=O) groups excluding carboxylic acids is 1. The number of amides is 1. The number of rotatable bonds is 7. The molecule has 8 heteroatoms. The summed E-state index contributed by atoms with van der Waals surface area (Å²) in [5.41, 5.74) is 3.36. The second kappa shape index (κ2) is 11.5. The minimum Gasteiger partial charge on any atom is -0.497 e. The molecule has 8 nitrogen and oxygen atoms in total. The van der Waals surface area contributed by atoms with Gasteiger partial charge in [-0.25, -0.2) is 9.97 Å². The zero-order valence-electron chi connectivity index (χ0n) is 21.9.